The van der Waals surface area contributed by atoms with Crippen molar-refractivity contribution in [3.05, 3.63) is 17.0 Å². The van der Waals surface area contributed by atoms with Gasteiger partial charge in [0.2, 0.25) is 0 Å². The Hall–Kier alpha value is -1.85. The smallest absolute Gasteiger partial charge is 0.323 e. The van der Waals surface area contributed by atoms with Crippen molar-refractivity contribution in [3.63, 3.8) is 0 Å². The monoisotopic (exact) mass is 225 g/mol. The third kappa shape index (κ3) is 2.39. The van der Waals surface area contributed by atoms with Gasteiger partial charge in [-0.05, 0) is 20.8 Å². The zero-order chi connectivity index (χ0) is 12.3. The molecule has 0 aromatic carbocycles. The zero-order valence-corrected chi connectivity index (χ0v) is 9.57. The second kappa shape index (κ2) is 4.78. The van der Waals surface area contributed by atoms with Gasteiger partial charge < -0.3 is 10.0 Å². The molecule has 6 heteroatoms. The molecule has 1 aromatic rings. The molecule has 0 aliphatic heterocycles. The minimum atomic E-state index is -1.02. The lowest BCUT2D eigenvalue weighted by atomic mass is 10.1. The topological polar surface area (TPSA) is 86.3 Å². The van der Waals surface area contributed by atoms with E-state index in [0.29, 0.717) is 23.5 Å². The number of hydrogen-bond acceptors (Lipinski definition) is 3. The summed E-state index contributed by atoms with van der Waals surface area (Å²) in [4.78, 5) is 23.9. The quantitative estimate of drug-likeness (QED) is 0.784. The van der Waals surface area contributed by atoms with Crippen LogP contribution in [0.1, 0.15) is 28.7 Å². The number of carbonyl (C=O) groups excluding carboxylic acids is 1. The van der Waals surface area contributed by atoms with Crippen LogP contribution in [0.15, 0.2) is 0 Å². The van der Waals surface area contributed by atoms with Crippen LogP contribution in [0, 0.1) is 13.8 Å². The molecule has 0 saturated carbocycles. The first-order valence-electron chi connectivity index (χ1n) is 5.00. The highest BCUT2D eigenvalue weighted by atomic mass is 16.4. The Labute approximate surface area is 93.3 Å². The zero-order valence-electron chi connectivity index (χ0n) is 9.57. The summed E-state index contributed by atoms with van der Waals surface area (Å²) in [7, 11) is 0. The molecular formula is C10H15N3O3. The molecule has 0 spiro atoms. The van der Waals surface area contributed by atoms with Crippen LogP contribution in [0.2, 0.25) is 0 Å². The Morgan fingerprint density at radius 2 is 2.06 bits per heavy atom. The summed E-state index contributed by atoms with van der Waals surface area (Å²) in [5.41, 5.74) is 1.71. The molecule has 1 aromatic heterocycles. The standard InChI is InChI=1S/C10H15N3O3/c1-4-13(5-8(14)15)10(16)9-6(2)11-12-7(9)3/h4-5H2,1-3H3,(H,11,12)(H,14,15). The molecule has 1 heterocycles. The molecule has 0 aliphatic rings. The maximum atomic E-state index is 12.0. The third-order valence-electron chi connectivity index (χ3n) is 2.34. The third-order valence-corrected chi connectivity index (χ3v) is 2.34. The summed E-state index contributed by atoms with van der Waals surface area (Å²) in [6.45, 7) is 5.26. The van der Waals surface area contributed by atoms with E-state index in [1.807, 2.05) is 0 Å². The lowest BCUT2D eigenvalue weighted by Crippen LogP contribution is -2.35. The molecule has 16 heavy (non-hydrogen) atoms. The van der Waals surface area contributed by atoms with Crippen molar-refractivity contribution < 1.29 is 14.7 Å². The number of H-pyrrole nitrogens is 1. The average molecular weight is 225 g/mol. The Bertz CT molecular complexity index is 392. The van der Waals surface area contributed by atoms with Crippen LogP contribution >= 0.6 is 0 Å². The number of rotatable bonds is 4. The summed E-state index contributed by atoms with van der Waals surface area (Å²) in [5.74, 6) is -1.32. The summed E-state index contributed by atoms with van der Waals surface area (Å²) in [6.07, 6.45) is 0. The van der Waals surface area contributed by atoms with Gasteiger partial charge in [0, 0.05) is 12.2 Å². The van der Waals surface area contributed by atoms with Crippen LogP contribution < -0.4 is 0 Å². The SMILES string of the molecule is CCN(CC(=O)O)C(=O)c1c(C)n[nH]c1C. The highest BCUT2D eigenvalue weighted by Gasteiger charge is 2.22. The number of nitrogens with zero attached hydrogens (tertiary/aromatic N) is 2. The first-order valence-corrected chi connectivity index (χ1v) is 5.00. The van der Waals surface area contributed by atoms with E-state index < -0.39 is 5.97 Å². The number of carboxylic acids is 1. The van der Waals surface area contributed by atoms with E-state index in [1.165, 1.54) is 4.90 Å². The predicted octanol–water partition coefficient (Wildman–Crippen LogP) is 0.573. The summed E-state index contributed by atoms with van der Waals surface area (Å²) in [5, 5.41) is 15.3. The van der Waals surface area contributed by atoms with Crippen LogP contribution in [0.3, 0.4) is 0 Å². The average Bonchev–Trinajstić information content (AvgIpc) is 2.54. The number of amides is 1. The van der Waals surface area contributed by atoms with Gasteiger partial charge in [0.1, 0.15) is 6.54 Å². The molecule has 1 amide bonds. The number of carbonyl (C=O) groups is 2. The second-order valence-electron chi connectivity index (χ2n) is 3.52. The fraction of sp³-hybridized carbons (Fsp3) is 0.500. The van der Waals surface area contributed by atoms with E-state index >= 15 is 0 Å². The minimum absolute atomic E-state index is 0.292. The van der Waals surface area contributed by atoms with Crippen LogP contribution in [0.25, 0.3) is 0 Å². The van der Waals surface area contributed by atoms with Crippen molar-refractivity contribution in [2.45, 2.75) is 20.8 Å². The van der Waals surface area contributed by atoms with Crippen molar-refractivity contribution in [2.75, 3.05) is 13.1 Å². The van der Waals surface area contributed by atoms with Gasteiger partial charge in [-0.15, -0.1) is 0 Å². The lowest BCUT2D eigenvalue weighted by Gasteiger charge is -2.18. The van der Waals surface area contributed by atoms with Gasteiger partial charge in [0.15, 0.2) is 0 Å². The molecule has 6 nitrogen and oxygen atoms in total. The molecule has 0 bridgehead atoms. The molecule has 0 unspecified atom stereocenters. The van der Waals surface area contributed by atoms with Crippen molar-refractivity contribution in [1.82, 2.24) is 15.1 Å². The fourth-order valence-corrected chi connectivity index (χ4v) is 1.51. The minimum Gasteiger partial charge on any atom is -0.480 e. The molecule has 88 valence electrons. The van der Waals surface area contributed by atoms with Crippen LogP contribution in [0.5, 0.6) is 0 Å². The first kappa shape index (κ1) is 12.2. The summed E-state index contributed by atoms with van der Waals surface area (Å²) < 4.78 is 0. The number of nitrogens with one attached hydrogen (secondary N) is 1. The van der Waals surface area contributed by atoms with Gasteiger partial charge >= 0.3 is 5.97 Å². The molecule has 0 fully saturated rings. The van der Waals surface area contributed by atoms with Crippen LogP contribution in [0.4, 0.5) is 0 Å². The highest BCUT2D eigenvalue weighted by Crippen LogP contribution is 2.12. The van der Waals surface area contributed by atoms with Crippen molar-refractivity contribution in [3.8, 4) is 0 Å². The largest absolute Gasteiger partial charge is 0.480 e. The number of aromatic amines is 1. The van der Waals surface area contributed by atoms with Gasteiger partial charge in [-0.25, -0.2) is 0 Å². The number of aliphatic carboxylic acids is 1. The Balaban J connectivity index is 2.95. The second-order valence-corrected chi connectivity index (χ2v) is 3.52. The molecule has 0 atom stereocenters. The summed E-state index contributed by atoms with van der Waals surface area (Å²) in [6, 6.07) is 0. The molecule has 1 rings (SSSR count). The molecule has 2 N–H and O–H groups in total. The lowest BCUT2D eigenvalue weighted by molar-refractivity contribution is -0.137. The van der Waals surface area contributed by atoms with E-state index in [1.54, 1.807) is 20.8 Å². The number of carboxylic acid groups (broad SMARTS) is 1. The van der Waals surface area contributed by atoms with Gasteiger partial charge in [-0.2, -0.15) is 5.10 Å². The van der Waals surface area contributed by atoms with Crippen molar-refractivity contribution in [1.29, 1.82) is 0 Å². The normalized spacial score (nSPS) is 10.2. The molecule has 0 saturated heterocycles. The highest BCUT2D eigenvalue weighted by molar-refractivity contribution is 5.97. The Morgan fingerprint density at radius 3 is 2.44 bits per heavy atom. The maximum Gasteiger partial charge on any atom is 0.323 e. The van der Waals surface area contributed by atoms with Crippen LogP contribution in [-0.2, 0) is 4.79 Å². The molecule has 0 radical (unpaired) electrons. The van der Waals surface area contributed by atoms with Gasteiger partial charge in [0.05, 0.1) is 11.3 Å². The van der Waals surface area contributed by atoms with E-state index in [9.17, 15) is 9.59 Å². The molecular weight excluding hydrogens is 210 g/mol. The van der Waals surface area contributed by atoms with Crippen molar-refractivity contribution >= 4 is 11.9 Å². The van der Waals surface area contributed by atoms with Gasteiger partial charge in [0.25, 0.3) is 5.91 Å². The van der Waals surface area contributed by atoms with Crippen LogP contribution in [-0.4, -0.2) is 45.2 Å². The fourth-order valence-electron chi connectivity index (χ4n) is 1.51. The number of aryl methyl sites for hydroxylation is 2. The Morgan fingerprint density at radius 1 is 1.44 bits per heavy atom. The molecule has 0 aliphatic carbocycles. The number of aromatic nitrogens is 2. The van der Waals surface area contributed by atoms with Crippen molar-refractivity contribution in [2.24, 2.45) is 0 Å². The van der Waals surface area contributed by atoms with Gasteiger partial charge in [-0.3, -0.25) is 14.7 Å². The first-order chi connectivity index (χ1) is 7.47. The van der Waals surface area contributed by atoms with E-state index in [0.717, 1.165) is 0 Å². The maximum absolute atomic E-state index is 12.0. The van der Waals surface area contributed by atoms with E-state index in [2.05, 4.69) is 10.2 Å². The number of likely N-dealkylation sites (N-methyl/N-ethyl adjacent to an activating group) is 1. The van der Waals surface area contributed by atoms with Gasteiger partial charge in [-0.1, -0.05) is 0 Å². The van der Waals surface area contributed by atoms with E-state index in [-0.39, 0.29) is 12.5 Å². The van der Waals surface area contributed by atoms with E-state index in [4.69, 9.17) is 5.11 Å². The Kier molecular flexibility index (Phi) is 3.65. The number of hydrogen-bond donors (Lipinski definition) is 2. The summed E-state index contributed by atoms with van der Waals surface area (Å²) >= 11 is 0. The predicted molar refractivity (Wildman–Crippen MR) is 57.3 cm³/mol.